The van der Waals surface area contributed by atoms with Gasteiger partial charge in [0, 0.05) is 19.2 Å². The molecule has 0 aromatic heterocycles. The smallest absolute Gasteiger partial charge is 0.227 e. The highest BCUT2D eigenvalue weighted by Crippen LogP contribution is 2.40. The molecule has 0 spiro atoms. The average molecular weight is 389 g/mol. The molecule has 0 aliphatic rings. The quantitative estimate of drug-likeness (QED) is 0.657. The van der Waals surface area contributed by atoms with Crippen LogP contribution in [-0.4, -0.2) is 53.4 Å². The Morgan fingerprint density at radius 3 is 1.96 bits per heavy atom. The Labute approximate surface area is 165 Å². The Bertz CT molecular complexity index is 821. The van der Waals surface area contributed by atoms with Crippen LogP contribution in [0.4, 0.5) is 0 Å². The lowest BCUT2D eigenvalue weighted by Gasteiger charge is -2.20. The molecule has 7 heteroatoms. The molecule has 0 radical (unpaired) electrons. The predicted molar refractivity (Wildman–Crippen MR) is 106 cm³/mol. The lowest BCUT2D eigenvalue weighted by molar-refractivity contribution is -0.129. The summed E-state index contributed by atoms with van der Waals surface area (Å²) in [6, 6.07) is 9.16. The zero-order chi connectivity index (χ0) is 20.7. The molecule has 28 heavy (non-hydrogen) atoms. The van der Waals surface area contributed by atoms with Crippen molar-refractivity contribution in [1.82, 2.24) is 4.90 Å². The largest absolute Gasteiger partial charge is 0.493 e. The van der Waals surface area contributed by atoms with Crippen LogP contribution >= 0.6 is 0 Å². The van der Waals surface area contributed by atoms with Crippen molar-refractivity contribution in [3.63, 3.8) is 0 Å². The number of likely N-dealkylation sites (N-methyl/N-ethyl adjacent to an activating group) is 1. The molecule has 0 N–H and O–H groups in total. The van der Waals surface area contributed by atoms with Gasteiger partial charge in [0.15, 0.2) is 23.0 Å². The van der Waals surface area contributed by atoms with Crippen molar-refractivity contribution >= 4 is 5.91 Å². The van der Waals surface area contributed by atoms with Gasteiger partial charge in [-0.25, -0.2) is 0 Å². The van der Waals surface area contributed by atoms with E-state index in [1.807, 2.05) is 24.3 Å². The normalized spacial score (nSPS) is 10.2. The molecule has 0 atom stereocenters. The molecule has 2 rings (SSSR count). The van der Waals surface area contributed by atoms with Gasteiger partial charge in [0.25, 0.3) is 0 Å². The molecule has 0 saturated carbocycles. The summed E-state index contributed by atoms with van der Waals surface area (Å²) in [5.74, 6) is 2.74. The Morgan fingerprint density at radius 2 is 1.39 bits per heavy atom. The molecule has 0 aliphatic carbocycles. The highest BCUT2D eigenvalue weighted by atomic mass is 16.5. The second-order valence-electron chi connectivity index (χ2n) is 6.11. The lowest BCUT2D eigenvalue weighted by atomic mass is 10.1. The Morgan fingerprint density at radius 1 is 0.786 bits per heavy atom. The van der Waals surface area contributed by atoms with Gasteiger partial charge >= 0.3 is 0 Å². The van der Waals surface area contributed by atoms with Gasteiger partial charge in [-0.2, -0.15) is 0 Å². The van der Waals surface area contributed by atoms with E-state index in [1.54, 1.807) is 46.5 Å². The highest BCUT2D eigenvalue weighted by molar-refractivity contribution is 5.80. The number of rotatable bonds is 9. The van der Waals surface area contributed by atoms with Crippen LogP contribution in [0, 0.1) is 0 Å². The number of benzene rings is 2. The molecule has 0 unspecified atom stereocenters. The van der Waals surface area contributed by atoms with Crippen molar-refractivity contribution in [1.29, 1.82) is 0 Å². The predicted octanol–water partition coefficient (Wildman–Crippen LogP) is 2.93. The van der Waals surface area contributed by atoms with Crippen molar-refractivity contribution in [3.8, 4) is 28.7 Å². The van der Waals surface area contributed by atoms with Crippen LogP contribution < -0.4 is 23.7 Å². The first-order valence-electron chi connectivity index (χ1n) is 8.71. The molecule has 1 amide bonds. The summed E-state index contributed by atoms with van der Waals surface area (Å²) in [5, 5.41) is 0. The van der Waals surface area contributed by atoms with E-state index < -0.39 is 0 Å². The molecule has 2 aromatic carbocycles. The average Bonchev–Trinajstić information content (AvgIpc) is 2.72. The van der Waals surface area contributed by atoms with E-state index in [0.29, 0.717) is 35.3 Å². The molecule has 0 heterocycles. The van der Waals surface area contributed by atoms with Crippen LogP contribution in [0.2, 0.25) is 0 Å². The third kappa shape index (κ3) is 4.60. The SMILES string of the molecule is COc1ccc(CN(C)C(=O)Cc2ccc(OC)c(OC)c2OC)cc1OC. The van der Waals surface area contributed by atoms with Gasteiger partial charge < -0.3 is 28.6 Å². The third-order valence-electron chi connectivity index (χ3n) is 4.42. The maximum absolute atomic E-state index is 12.8. The summed E-state index contributed by atoms with van der Waals surface area (Å²) in [6.45, 7) is 0.439. The third-order valence-corrected chi connectivity index (χ3v) is 4.42. The van der Waals surface area contributed by atoms with E-state index in [9.17, 15) is 4.79 Å². The fraction of sp³-hybridized carbons (Fsp3) is 0.381. The number of hydrogen-bond donors (Lipinski definition) is 0. The van der Waals surface area contributed by atoms with Crippen LogP contribution in [0.15, 0.2) is 30.3 Å². The van der Waals surface area contributed by atoms with Gasteiger partial charge in [0.1, 0.15) is 0 Å². The maximum Gasteiger partial charge on any atom is 0.227 e. The molecule has 7 nitrogen and oxygen atoms in total. The molecule has 152 valence electrons. The van der Waals surface area contributed by atoms with Crippen LogP contribution in [0.3, 0.4) is 0 Å². The first-order chi connectivity index (χ1) is 13.5. The number of hydrogen-bond acceptors (Lipinski definition) is 6. The topological polar surface area (TPSA) is 66.5 Å². The van der Waals surface area contributed by atoms with Gasteiger partial charge in [-0.05, 0) is 23.8 Å². The minimum absolute atomic E-state index is 0.0553. The number of amides is 1. The number of carbonyl (C=O) groups excluding carboxylic acids is 1. The summed E-state index contributed by atoms with van der Waals surface area (Å²) in [6.07, 6.45) is 0.174. The minimum atomic E-state index is -0.0553. The zero-order valence-corrected chi connectivity index (χ0v) is 17.2. The van der Waals surface area contributed by atoms with E-state index >= 15 is 0 Å². The van der Waals surface area contributed by atoms with E-state index in [2.05, 4.69) is 0 Å². The number of ether oxygens (including phenoxy) is 5. The minimum Gasteiger partial charge on any atom is -0.493 e. The van der Waals surface area contributed by atoms with Crippen molar-refractivity contribution in [2.75, 3.05) is 42.6 Å². The number of methoxy groups -OCH3 is 5. The summed E-state index contributed by atoms with van der Waals surface area (Å²) >= 11 is 0. The van der Waals surface area contributed by atoms with Gasteiger partial charge in [0.2, 0.25) is 11.7 Å². The molecule has 0 fully saturated rings. The summed E-state index contributed by atoms with van der Waals surface area (Å²) < 4.78 is 26.7. The molecule has 0 aliphatic heterocycles. The second kappa shape index (κ2) is 9.73. The molecular weight excluding hydrogens is 362 g/mol. The van der Waals surface area contributed by atoms with E-state index in [0.717, 1.165) is 11.1 Å². The number of carbonyl (C=O) groups is 1. The highest BCUT2D eigenvalue weighted by Gasteiger charge is 2.19. The standard InChI is InChI=1S/C21H27NO6/c1-22(13-14-7-9-16(24-2)18(11-14)26-4)19(23)12-15-8-10-17(25-3)21(28-6)20(15)27-5/h7-11H,12-13H2,1-6H3. The first-order valence-corrected chi connectivity index (χ1v) is 8.71. The summed E-state index contributed by atoms with van der Waals surface area (Å²) in [5.41, 5.74) is 1.66. The monoisotopic (exact) mass is 389 g/mol. The zero-order valence-electron chi connectivity index (χ0n) is 17.2. The van der Waals surface area contributed by atoms with Crippen LogP contribution in [0.5, 0.6) is 28.7 Å². The first kappa shape index (κ1) is 21.2. The van der Waals surface area contributed by atoms with Gasteiger partial charge in [0.05, 0.1) is 42.0 Å². The molecular formula is C21H27NO6. The van der Waals surface area contributed by atoms with Crippen LogP contribution in [-0.2, 0) is 17.8 Å². The summed E-state index contributed by atoms with van der Waals surface area (Å²) in [7, 11) is 9.56. The van der Waals surface area contributed by atoms with Crippen LogP contribution in [0.1, 0.15) is 11.1 Å². The second-order valence-corrected chi connectivity index (χ2v) is 6.11. The maximum atomic E-state index is 12.8. The van der Waals surface area contributed by atoms with Crippen LogP contribution in [0.25, 0.3) is 0 Å². The fourth-order valence-electron chi connectivity index (χ4n) is 2.94. The van der Waals surface area contributed by atoms with Gasteiger partial charge in [-0.15, -0.1) is 0 Å². The van der Waals surface area contributed by atoms with Gasteiger partial charge in [-0.1, -0.05) is 12.1 Å². The van der Waals surface area contributed by atoms with E-state index in [1.165, 1.54) is 7.11 Å². The Hall–Kier alpha value is -3.09. The fourth-order valence-corrected chi connectivity index (χ4v) is 2.94. The van der Waals surface area contributed by atoms with E-state index in [-0.39, 0.29) is 12.3 Å². The van der Waals surface area contributed by atoms with Crippen molar-refractivity contribution < 1.29 is 28.5 Å². The van der Waals surface area contributed by atoms with Crippen molar-refractivity contribution in [2.24, 2.45) is 0 Å². The van der Waals surface area contributed by atoms with Crippen molar-refractivity contribution in [2.45, 2.75) is 13.0 Å². The number of nitrogens with zero attached hydrogens (tertiary/aromatic N) is 1. The molecule has 0 saturated heterocycles. The van der Waals surface area contributed by atoms with E-state index in [4.69, 9.17) is 23.7 Å². The summed E-state index contributed by atoms with van der Waals surface area (Å²) in [4.78, 5) is 14.4. The lowest BCUT2D eigenvalue weighted by Crippen LogP contribution is -2.27. The van der Waals surface area contributed by atoms with Gasteiger partial charge in [-0.3, -0.25) is 4.79 Å². The Kier molecular flexibility index (Phi) is 7.37. The molecule has 2 aromatic rings. The molecule has 0 bridgehead atoms. The Balaban J connectivity index is 2.17. The van der Waals surface area contributed by atoms with Crippen molar-refractivity contribution in [3.05, 3.63) is 41.5 Å².